The maximum atomic E-state index is 13.2. The van der Waals surface area contributed by atoms with Crippen LogP contribution in [0.25, 0.3) is 5.70 Å². The molecule has 132 valence electrons. The summed E-state index contributed by atoms with van der Waals surface area (Å²) in [6, 6.07) is 13.1. The Kier molecular flexibility index (Phi) is 4.41. The van der Waals surface area contributed by atoms with Crippen molar-refractivity contribution < 1.29 is 4.79 Å². The third-order valence-electron chi connectivity index (χ3n) is 4.53. The second-order valence-electron chi connectivity index (χ2n) is 9.04. The van der Waals surface area contributed by atoms with Crippen LogP contribution in [0.4, 0.5) is 0 Å². The van der Waals surface area contributed by atoms with Gasteiger partial charge in [-0.2, -0.15) is 0 Å². The molecule has 0 bridgehead atoms. The van der Waals surface area contributed by atoms with Crippen LogP contribution < -0.4 is 5.01 Å². The van der Waals surface area contributed by atoms with E-state index in [1.54, 1.807) is 0 Å². The Balaban J connectivity index is 2.32. The van der Waals surface area contributed by atoms with Crippen LogP contribution in [-0.4, -0.2) is 26.7 Å². The summed E-state index contributed by atoms with van der Waals surface area (Å²) in [5.74, 6) is 0.0770. The molecule has 1 aromatic heterocycles. The van der Waals surface area contributed by atoms with E-state index in [0.29, 0.717) is 0 Å². The first-order valence-corrected chi connectivity index (χ1v) is 16.1. The number of hydrogen-bond acceptors (Lipinski definition) is 1. The first-order chi connectivity index (χ1) is 11.6. The van der Waals surface area contributed by atoms with Gasteiger partial charge in [-0.25, -0.2) is 5.01 Å². The highest BCUT2D eigenvalue weighted by Gasteiger charge is 2.39. The molecular formula is C20H28N2OSi2. The summed E-state index contributed by atoms with van der Waals surface area (Å²) in [5.41, 5.74) is 3.05. The first-order valence-electron chi connectivity index (χ1n) is 8.90. The Bertz CT molecular complexity index is 824. The lowest BCUT2D eigenvalue weighted by Gasteiger charge is -2.32. The highest BCUT2D eigenvalue weighted by atomic mass is 28.3. The summed E-state index contributed by atoms with van der Waals surface area (Å²) in [7, 11) is -2.93. The third kappa shape index (κ3) is 3.44. The van der Waals surface area contributed by atoms with Crippen molar-refractivity contribution in [3.8, 4) is 0 Å². The van der Waals surface area contributed by atoms with Gasteiger partial charge in [0.2, 0.25) is 0 Å². The number of benzene rings is 1. The molecule has 2 heterocycles. The van der Waals surface area contributed by atoms with Crippen LogP contribution in [0, 0.1) is 0 Å². The molecule has 0 saturated heterocycles. The lowest BCUT2D eigenvalue weighted by molar-refractivity contribution is 0.0984. The molecule has 1 aromatic carbocycles. The summed E-state index contributed by atoms with van der Waals surface area (Å²) < 4.78 is 1.93. The number of amides is 1. The zero-order chi connectivity index (χ0) is 18.4. The molecule has 3 rings (SSSR count). The predicted molar refractivity (Wildman–Crippen MR) is 112 cm³/mol. The summed E-state index contributed by atoms with van der Waals surface area (Å²) in [6.45, 7) is 14.4. The number of allylic oxidation sites excluding steroid dienone is 1. The highest BCUT2D eigenvalue weighted by molar-refractivity contribution is 6.88. The highest BCUT2D eigenvalue weighted by Crippen LogP contribution is 2.39. The number of rotatable bonds is 4. The molecule has 25 heavy (non-hydrogen) atoms. The van der Waals surface area contributed by atoms with E-state index in [0.717, 1.165) is 22.9 Å². The van der Waals surface area contributed by atoms with Gasteiger partial charge < -0.3 is 0 Å². The van der Waals surface area contributed by atoms with E-state index < -0.39 is 16.1 Å². The summed E-state index contributed by atoms with van der Waals surface area (Å²) in [4.78, 5) is 13.2. The van der Waals surface area contributed by atoms with Crippen molar-refractivity contribution in [2.24, 2.45) is 0 Å². The molecule has 0 saturated carbocycles. The maximum Gasteiger partial charge on any atom is 0.278 e. The van der Waals surface area contributed by atoms with Gasteiger partial charge in [-0.1, -0.05) is 62.7 Å². The molecule has 1 aliphatic rings. The van der Waals surface area contributed by atoms with Crippen molar-refractivity contribution >= 4 is 27.8 Å². The average Bonchev–Trinajstić information content (AvgIpc) is 3.10. The summed E-state index contributed by atoms with van der Waals surface area (Å²) in [5, 5.41) is 3.40. The van der Waals surface area contributed by atoms with Crippen LogP contribution in [-0.2, 0) is 0 Å². The molecule has 0 unspecified atom stereocenters. The smallest absolute Gasteiger partial charge is 0.267 e. The molecule has 5 heteroatoms. The quantitative estimate of drug-likeness (QED) is 0.680. The first kappa shape index (κ1) is 18.0. The van der Waals surface area contributed by atoms with Crippen LogP contribution in [0.3, 0.4) is 0 Å². The molecule has 1 amide bonds. The predicted octanol–water partition coefficient (Wildman–Crippen LogP) is 5.21. The van der Waals surface area contributed by atoms with Crippen LogP contribution in [0.1, 0.15) is 15.9 Å². The van der Waals surface area contributed by atoms with Crippen LogP contribution >= 0.6 is 0 Å². The Labute approximate surface area is 153 Å². The summed E-state index contributed by atoms with van der Waals surface area (Å²) >= 11 is 0. The molecule has 0 fully saturated rings. The fraction of sp³-hybridized carbons (Fsp3) is 0.350. The molecular weight excluding hydrogens is 340 g/mol. The fourth-order valence-electron chi connectivity index (χ4n) is 3.41. The third-order valence-corrected chi connectivity index (χ3v) is 8.53. The minimum absolute atomic E-state index is 0.0770. The van der Waals surface area contributed by atoms with Gasteiger partial charge in [-0.15, -0.1) is 0 Å². The van der Waals surface area contributed by atoms with Gasteiger partial charge in [0.25, 0.3) is 5.91 Å². The SMILES string of the molecule is C[Si](C)(C)C/C(=C1/c2ccccc2C(=O)N1n1cccc1)[Si](C)(C)C. The van der Waals surface area contributed by atoms with E-state index in [4.69, 9.17) is 0 Å². The Morgan fingerprint density at radius 2 is 1.44 bits per heavy atom. The van der Waals surface area contributed by atoms with Crippen molar-refractivity contribution in [3.05, 3.63) is 65.1 Å². The Morgan fingerprint density at radius 1 is 0.880 bits per heavy atom. The molecule has 3 nitrogen and oxygen atoms in total. The monoisotopic (exact) mass is 368 g/mol. The molecule has 2 aromatic rings. The number of fused-ring (bicyclic) bond motifs is 1. The zero-order valence-corrected chi connectivity index (χ0v) is 18.1. The number of carbonyl (C=O) groups is 1. The van der Waals surface area contributed by atoms with Crippen LogP contribution in [0.15, 0.2) is 54.0 Å². The minimum atomic E-state index is -1.61. The van der Waals surface area contributed by atoms with Gasteiger partial charge in [-0.05, 0) is 24.2 Å². The largest absolute Gasteiger partial charge is 0.278 e. The second kappa shape index (κ2) is 6.14. The molecule has 0 aliphatic carbocycles. The number of carbonyl (C=O) groups excluding carboxylic acids is 1. The Morgan fingerprint density at radius 3 is 1.96 bits per heavy atom. The molecule has 0 atom stereocenters. The molecule has 1 aliphatic heterocycles. The standard InChI is InChI=1S/C20H28N2OSi2/c1-24(2,3)15-18(25(4,5)6)19-16-11-7-8-12-17(16)20(23)22(19)21-13-9-10-14-21/h7-14H,15H2,1-6H3/b19-18+. The van der Waals surface area contributed by atoms with E-state index in [9.17, 15) is 4.79 Å². The Hall–Kier alpha value is -1.86. The fourth-order valence-corrected chi connectivity index (χ4v) is 9.30. The number of hydrogen-bond donors (Lipinski definition) is 0. The van der Waals surface area contributed by atoms with Crippen molar-refractivity contribution in [3.63, 3.8) is 0 Å². The van der Waals surface area contributed by atoms with Gasteiger partial charge in [-0.3, -0.25) is 9.47 Å². The van der Waals surface area contributed by atoms with Gasteiger partial charge in [0.1, 0.15) is 0 Å². The second-order valence-corrected chi connectivity index (χ2v) is 19.6. The van der Waals surface area contributed by atoms with E-state index in [2.05, 4.69) is 45.3 Å². The van der Waals surface area contributed by atoms with Crippen molar-refractivity contribution in [2.45, 2.75) is 45.3 Å². The van der Waals surface area contributed by atoms with E-state index in [-0.39, 0.29) is 5.91 Å². The van der Waals surface area contributed by atoms with Gasteiger partial charge in [0.15, 0.2) is 0 Å². The van der Waals surface area contributed by atoms with Crippen LogP contribution in [0.2, 0.25) is 45.3 Å². The van der Waals surface area contributed by atoms with E-state index >= 15 is 0 Å². The van der Waals surface area contributed by atoms with Gasteiger partial charge >= 0.3 is 0 Å². The van der Waals surface area contributed by atoms with Gasteiger partial charge in [0.05, 0.1) is 19.3 Å². The molecule has 0 N–H and O–H groups in total. The normalized spacial score (nSPS) is 17.0. The zero-order valence-electron chi connectivity index (χ0n) is 16.1. The van der Waals surface area contributed by atoms with Crippen LogP contribution in [0.5, 0.6) is 0 Å². The maximum absolute atomic E-state index is 13.2. The van der Waals surface area contributed by atoms with Gasteiger partial charge in [0, 0.05) is 26.0 Å². The number of aromatic nitrogens is 1. The van der Waals surface area contributed by atoms with Crippen molar-refractivity contribution in [1.82, 2.24) is 4.68 Å². The molecule has 0 spiro atoms. The van der Waals surface area contributed by atoms with Crippen molar-refractivity contribution in [1.29, 1.82) is 0 Å². The molecule has 0 radical (unpaired) electrons. The topological polar surface area (TPSA) is 25.2 Å². The summed E-state index contributed by atoms with van der Waals surface area (Å²) in [6.07, 6.45) is 3.92. The average molecular weight is 369 g/mol. The van der Waals surface area contributed by atoms with E-state index in [1.165, 1.54) is 5.20 Å². The lowest BCUT2D eigenvalue weighted by Crippen LogP contribution is -2.38. The number of nitrogens with zero attached hydrogens (tertiary/aromatic N) is 2. The van der Waals surface area contributed by atoms with Crippen molar-refractivity contribution in [2.75, 3.05) is 5.01 Å². The minimum Gasteiger partial charge on any atom is -0.267 e. The lowest BCUT2D eigenvalue weighted by atomic mass is 10.1. The van der Waals surface area contributed by atoms with E-state index in [1.807, 2.05) is 52.4 Å².